The van der Waals surface area contributed by atoms with Gasteiger partial charge in [-0.05, 0) is 6.92 Å². The monoisotopic (exact) mass is 547 g/mol. The predicted molar refractivity (Wildman–Crippen MR) is 122 cm³/mol. The van der Waals surface area contributed by atoms with Crippen LogP contribution in [0.3, 0.4) is 0 Å². The van der Waals surface area contributed by atoms with Crippen LogP contribution in [-0.4, -0.2) is 82.3 Å². The van der Waals surface area contributed by atoms with E-state index in [1.807, 2.05) is 0 Å². The van der Waals surface area contributed by atoms with Crippen LogP contribution in [0.2, 0.25) is 0 Å². The Hall–Kier alpha value is -2.50. The van der Waals surface area contributed by atoms with E-state index in [0.29, 0.717) is 4.34 Å². The van der Waals surface area contributed by atoms with Gasteiger partial charge >= 0.3 is 11.9 Å². The number of carbonyl (C=O) groups excluding carboxylic acids is 2. The molecule has 2 aliphatic heterocycles. The minimum atomic E-state index is -1.97. The van der Waals surface area contributed by atoms with Gasteiger partial charge in [0.15, 0.2) is 9.43 Å². The number of aliphatic carboxylic acids is 1. The zero-order chi connectivity index (χ0) is 24.6. The lowest BCUT2D eigenvalue weighted by Gasteiger charge is -2.53. The molecule has 2 amide bonds. The third kappa shape index (κ3) is 4.82. The number of fused-ring (bicyclic) bond motifs is 1. The molecule has 0 aliphatic carbocycles. The summed E-state index contributed by atoms with van der Waals surface area (Å²) in [7, 11) is -1.97. The van der Waals surface area contributed by atoms with Crippen molar-refractivity contribution in [1.29, 1.82) is 0 Å². The van der Waals surface area contributed by atoms with E-state index in [1.165, 1.54) is 39.8 Å². The second-order valence-corrected chi connectivity index (χ2v) is 12.4. The fourth-order valence-electron chi connectivity index (χ4n) is 3.38. The number of thioether (sulfide) groups is 2. The maximum Gasteiger partial charge on any atom is 0.434 e. The zero-order valence-corrected chi connectivity index (χ0v) is 20.6. The summed E-state index contributed by atoms with van der Waals surface area (Å²) < 4.78 is 17.7. The van der Waals surface area contributed by atoms with Crippen LogP contribution in [-0.2, 0) is 25.2 Å². The number of hydrogen-bond acceptors (Lipinski definition) is 12. The van der Waals surface area contributed by atoms with Gasteiger partial charge in [0.2, 0.25) is 11.8 Å². The highest BCUT2D eigenvalue weighted by Gasteiger charge is 2.57. The summed E-state index contributed by atoms with van der Waals surface area (Å²) in [5.74, 6) is -2.81. The lowest BCUT2D eigenvalue weighted by atomic mass is 9.89. The molecular weight excluding hydrogens is 530 g/mol. The highest BCUT2D eigenvalue weighted by atomic mass is 32.2. The minimum Gasteiger partial charge on any atom is -0.481 e. The van der Waals surface area contributed by atoms with Crippen LogP contribution in [0.1, 0.15) is 5.01 Å². The van der Waals surface area contributed by atoms with Gasteiger partial charge in [0, 0.05) is 24.1 Å². The number of aryl methyl sites for hydroxylation is 1. The number of carbonyl (C=O) groups is 3. The maximum atomic E-state index is 12.7. The molecule has 3 unspecified atom stereocenters. The van der Waals surface area contributed by atoms with E-state index in [-0.39, 0.29) is 23.1 Å². The number of β-lactam (4-membered cyclic amide) rings is 1. The standard InChI is InChI=1S/C17H17N5O8S4/c1-8-19-20-16(33-8)32-7-17(15(25)26)5-21-13(24)12(14(21)31-6-17)18-9(23)4-34(29)11-3-2-10(30-11)22(27)28/h2-3,12,14H,4-7H2,1H3,(H,18,23)(H,25,26)/t12?,14-,17?,34?/m1/s1. The van der Waals surface area contributed by atoms with Crippen molar-refractivity contribution in [2.75, 3.05) is 23.8 Å². The lowest BCUT2D eigenvalue weighted by Crippen LogP contribution is -2.74. The Morgan fingerprint density at radius 3 is 2.85 bits per heavy atom. The molecule has 2 fully saturated rings. The number of furan rings is 1. The maximum absolute atomic E-state index is 12.7. The molecular formula is C17H17N5O8S4. The van der Waals surface area contributed by atoms with Gasteiger partial charge in [-0.2, -0.15) is 0 Å². The molecule has 2 aromatic rings. The second kappa shape index (κ2) is 9.63. The Balaban J connectivity index is 1.33. The van der Waals surface area contributed by atoms with Crippen molar-refractivity contribution in [3.05, 3.63) is 27.3 Å². The van der Waals surface area contributed by atoms with E-state index in [4.69, 9.17) is 4.42 Å². The predicted octanol–water partition coefficient (Wildman–Crippen LogP) is 0.719. The first-order chi connectivity index (χ1) is 16.1. The van der Waals surface area contributed by atoms with E-state index in [2.05, 4.69) is 15.5 Å². The molecule has 2 N–H and O–H groups in total. The van der Waals surface area contributed by atoms with E-state index in [0.717, 1.165) is 17.1 Å². The summed E-state index contributed by atoms with van der Waals surface area (Å²) in [6.45, 7) is 1.80. The van der Waals surface area contributed by atoms with Crippen LogP contribution in [0.5, 0.6) is 0 Å². The molecule has 0 spiro atoms. The average molecular weight is 548 g/mol. The molecule has 2 aliphatic rings. The van der Waals surface area contributed by atoms with Crippen molar-refractivity contribution in [3.8, 4) is 0 Å². The van der Waals surface area contributed by atoms with Crippen molar-refractivity contribution in [1.82, 2.24) is 20.4 Å². The van der Waals surface area contributed by atoms with Gasteiger partial charge in [0.25, 0.3) is 0 Å². The molecule has 34 heavy (non-hydrogen) atoms. The van der Waals surface area contributed by atoms with Crippen molar-refractivity contribution >= 4 is 69.3 Å². The highest BCUT2D eigenvalue weighted by Crippen LogP contribution is 2.44. The number of nitrogens with zero attached hydrogens (tertiary/aromatic N) is 4. The van der Waals surface area contributed by atoms with Gasteiger partial charge < -0.3 is 19.7 Å². The molecule has 4 atom stereocenters. The fraction of sp³-hybridized carbons (Fsp3) is 0.471. The first-order valence-corrected chi connectivity index (χ1v) is 13.8. The first-order valence-electron chi connectivity index (χ1n) is 9.60. The Bertz CT molecular complexity index is 1180. The number of carboxylic acids is 1. The third-order valence-corrected chi connectivity index (χ3v) is 10.2. The van der Waals surface area contributed by atoms with Crippen LogP contribution in [0, 0.1) is 22.5 Å². The topological polar surface area (TPSA) is 186 Å². The Kier molecular flexibility index (Phi) is 6.97. The van der Waals surface area contributed by atoms with Gasteiger partial charge in [-0.15, -0.1) is 22.0 Å². The number of nitrogens with one attached hydrogen (secondary N) is 1. The lowest BCUT2D eigenvalue weighted by molar-refractivity contribution is -0.403. The summed E-state index contributed by atoms with van der Waals surface area (Å²) in [6.07, 6.45) is 0. The largest absolute Gasteiger partial charge is 0.481 e. The van der Waals surface area contributed by atoms with Crippen LogP contribution in [0.4, 0.5) is 5.88 Å². The van der Waals surface area contributed by atoms with Crippen LogP contribution < -0.4 is 5.32 Å². The quantitative estimate of drug-likeness (QED) is 0.194. The first kappa shape index (κ1) is 24.6. The second-order valence-electron chi connectivity index (χ2n) is 7.51. The molecule has 13 nitrogen and oxygen atoms in total. The average Bonchev–Trinajstić information content (AvgIpc) is 3.45. The molecule has 0 aromatic carbocycles. The number of amides is 2. The summed E-state index contributed by atoms with van der Waals surface area (Å²) >= 11 is 3.90. The Labute approximate surface area is 206 Å². The molecule has 4 heterocycles. The third-order valence-electron chi connectivity index (χ3n) is 5.13. The van der Waals surface area contributed by atoms with E-state index in [9.17, 15) is 33.8 Å². The Morgan fingerprint density at radius 2 is 2.24 bits per heavy atom. The van der Waals surface area contributed by atoms with E-state index < -0.39 is 62.0 Å². The molecule has 2 aromatic heterocycles. The van der Waals surface area contributed by atoms with Crippen LogP contribution in [0.25, 0.3) is 0 Å². The van der Waals surface area contributed by atoms with Gasteiger partial charge in [0.1, 0.15) is 32.5 Å². The number of rotatable bonds is 9. The van der Waals surface area contributed by atoms with Gasteiger partial charge in [0.05, 0.1) is 16.9 Å². The molecule has 0 saturated carbocycles. The van der Waals surface area contributed by atoms with E-state index in [1.54, 1.807) is 6.92 Å². The van der Waals surface area contributed by atoms with Crippen LogP contribution in [0.15, 0.2) is 26.0 Å². The number of carboxylic acid groups (broad SMARTS) is 1. The van der Waals surface area contributed by atoms with Crippen LogP contribution >= 0.6 is 34.9 Å². The van der Waals surface area contributed by atoms with Crippen molar-refractivity contribution in [3.63, 3.8) is 0 Å². The molecule has 0 radical (unpaired) electrons. The van der Waals surface area contributed by atoms with Gasteiger partial charge in [-0.3, -0.25) is 28.7 Å². The number of nitro groups is 1. The minimum absolute atomic E-state index is 0.00200. The summed E-state index contributed by atoms with van der Waals surface area (Å²) in [5.41, 5.74) is -1.18. The Morgan fingerprint density at radius 1 is 1.47 bits per heavy atom. The van der Waals surface area contributed by atoms with Crippen molar-refractivity contribution in [2.24, 2.45) is 5.41 Å². The SMILES string of the molecule is Cc1nnc(SCC2(C(=O)O)CS[C@@H]3C(NC(=O)CS(=O)c4ccc([N+](=O)[O-])o4)C(=O)N3C2)s1. The van der Waals surface area contributed by atoms with Crippen molar-refractivity contribution < 1.29 is 33.0 Å². The summed E-state index contributed by atoms with van der Waals surface area (Å²) in [5, 5.41) is 31.1. The number of hydrogen-bond donors (Lipinski definition) is 2. The summed E-state index contributed by atoms with van der Waals surface area (Å²) in [6, 6.07) is 1.32. The molecule has 0 bridgehead atoms. The highest BCUT2D eigenvalue weighted by molar-refractivity contribution is 8.01. The van der Waals surface area contributed by atoms with Gasteiger partial charge in [-0.25, -0.2) is 0 Å². The number of aromatic nitrogens is 2. The molecule has 4 rings (SSSR count). The van der Waals surface area contributed by atoms with Crippen molar-refractivity contribution in [2.45, 2.75) is 27.8 Å². The van der Waals surface area contributed by atoms with Gasteiger partial charge in [-0.1, -0.05) is 23.1 Å². The molecule has 182 valence electrons. The fourth-order valence-corrected chi connectivity index (χ4v) is 7.92. The molecule has 17 heteroatoms. The summed E-state index contributed by atoms with van der Waals surface area (Å²) in [4.78, 5) is 48.4. The smallest absolute Gasteiger partial charge is 0.434 e. The van der Waals surface area contributed by atoms with E-state index >= 15 is 0 Å². The molecule has 2 saturated heterocycles. The zero-order valence-electron chi connectivity index (χ0n) is 17.4. The normalized spacial score (nSPS) is 24.7.